The van der Waals surface area contributed by atoms with Crippen LogP contribution in [-0.4, -0.2) is 12.0 Å². The molecule has 1 atom stereocenters. The minimum Gasteiger partial charge on any atom is -0.322 e. The molecule has 1 nitrogen and oxygen atoms in total. The van der Waals surface area contributed by atoms with Gasteiger partial charge in [0.25, 0.3) is 0 Å². The van der Waals surface area contributed by atoms with Crippen LogP contribution in [0.5, 0.6) is 0 Å². The van der Waals surface area contributed by atoms with Gasteiger partial charge in [-0.05, 0) is 12.0 Å². The van der Waals surface area contributed by atoms with E-state index in [1.807, 2.05) is 0 Å². The lowest BCUT2D eigenvalue weighted by molar-refractivity contribution is -0.226. The number of hydrogen-bond acceptors (Lipinski definition) is 1. The van der Waals surface area contributed by atoms with Gasteiger partial charge >= 0.3 is 11.8 Å². The Hall–Kier alpha value is -1.88. The number of halogens is 4. The second-order valence-corrected chi connectivity index (χ2v) is 4.86. The van der Waals surface area contributed by atoms with Crippen molar-refractivity contribution in [2.75, 3.05) is 0 Å². The molecule has 0 amide bonds. The van der Waals surface area contributed by atoms with E-state index in [1.54, 1.807) is 30.3 Å². The van der Waals surface area contributed by atoms with Crippen LogP contribution < -0.4 is 5.73 Å². The SMILES string of the molecule is NC(Cc1ccccc1)C(F)(F)C(F)(F)c1ccccc1. The van der Waals surface area contributed by atoms with Crippen molar-refractivity contribution in [3.8, 4) is 0 Å². The summed E-state index contributed by atoms with van der Waals surface area (Å²) in [5, 5.41) is 0. The molecule has 2 N–H and O–H groups in total. The largest absolute Gasteiger partial charge is 0.336 e. The molecular formula is C16H15F4N. The fourth-order valence-electron chi connectivity index (χ4n) is 2.07. The highest BCUT2D eigenvalue weighted by Gasteiger charge is 2.60. The summed E-state index contributed by atoms with van der Waals surface area (Å²) in [6.07, 6.45) is -0.323. The van der Waals surface area contributed by atoms with Crippen molar-refractivity contribution in [3.05, 3.63) is 71.8 Å². The summed E-state index contributed by atoms with van der Waals surface area (Å²) in [6.45, 7) is 0. The van der Waals surface area contributed by atoms with E-state index in [-0.39, 0.29) is 6.42 Å². The summed E-state index contributed by atoms with van der Waals surface area (Å²) in [7, 11) is 0. The minimum absolute atomic E-state index is 0.323. The highest BCUT2D eigenvalue weighted by Crippen LogP contribution is 2.44. The fraction of sp³-hybridized carbons (Fsp3) is 0.250. The highest BCUT2D eigenvalue weighted by molar-refractivity contribution is 5.24. The first-order valence-corrected chi connectivity index (χ1v) is 6.46. The standard InChI is InChI=1S/C16H15F4N/c17-15(18,13-9-5-2-6-10-13)16(19,20)14(21)11-12-7-3-1-4-8-12/h1-10,14H,11,21H2. The monoisotopic (exact) mass is 297 g/mol. The van der Waals surface area contributed by atoms with Crippen molar-refractivity contribution >= 4 is 0 Å². The van der Waals surface area contributed by atoms with Gasteiger partial charge < -0.3 is 5.73 Å². The number of alkyl halides is 4. The molecule has 2 aromatic rings. The van der Waals surface area contributed by atoms with Crippen LogP contribution in [0.25, 0.3) is 0 Å². The summed E-state index contributed by atoms with van der Waals surface area (Å²) < 4.78 is 56.3. The van der Waals surface area contributed by atoms with Gasteiger partial charge in [-0.2, -0.15) is 17.6 Å². The average Bonchev–Trinajstić information content (AvgIpc) is 2.49. The number of rotatable bonds is 5. The third-order valence-electron chi connectivity index (χ3n) is 3.32. The summed E-state index contributed by atoms with van der Waals surface area (Å²) in [6, 6.07) is 12.2. The zero-order valence-corrected chi connectivity index (χ0v) is 11.1. The molecule has 2 rings (SSSR count). The Balaban J connectivity index is 2.24. The van der Waals surface area contributed by atoms with E-state index in [2.05, 4.69) is 0 Å². The first kappa shape index (κ1) is 15.5. The average molecular weight is 297 g/mol. The van der Waals surface area contributed by atoms with Crippen molar-refractivity contribution < 1.29 is 17.6 Å². The molecule has 0 fully saturated rings. The molecule has 112 valence electrons. The van der Waals surface area contributed by atoms with Crippen molar-refractivity contribution in [1.29, 1.82) is 0 Å². The molecule has 0 radical (unpaired) electrons. The van der Waals surface area contributed by atoms with E-state index >= 15 is 0 Å². The van der Waals surface area contributed by atoms with E-state index < -0.39 is 23.5 Å². The van der Waals surface area contributed by atoms with Crippen LogP contribution >= 0.6 is 0 Å². The molecule has 0 aromatic heterocycles. The van der Waals surface area contributed by atoms with Crippen LogP contribution in [0.1, 0.15) is 11.1 Å². The predicted octanol–water partition coefficient (Wildman–Crippen LogP) is 3.98. The molecule has 0 aliphatic carbocycles. The molecule has 0 saturated heterocycles. The summed E-state index contributed by atoms with van der Waals surface area (Å²) in [5.74, 6) is -8.66. The molecule has 0 aliphatic heterocycles. The van der Waals surface area contributed by atoms with Gasteiger partial charge in [-0.3, -0.25) is 0 Å². The maximum absolute atomic E-state index is 14.1. The molecule has 0 heterocycles. The van der Waals surface area contributed by atoms with Gasteiger partial charge in [0.1, 0.15) is 0 Å². The van der Waals surface area contributed by atoms with E-state index in [0.29, 0.717) is 5.56 Å². The Labute approximate surface area is 120 Å². The maximum atomic E-state index is 14.1. The van der Waals surface area contributed by atoms with Gasteiger partial charge in [0.2, 0.25) is 0 Å². The summed E-state index contributed by atoms with van der Waals surface area (Å²) in [4.78, 5) is 0. The van der Waals surface area contributed by atoms with Gasteiger partial charge in [-0.25, -0.2) is 0 Å². The van der Waals surface area contributed by atoms with Crippen LogP contribution in [-0.2, 0) is 12.3 Å². The first-order chi connectivity index (χ1) is 9.85. The smallest absolute Gasteiger partial charge is 0.322 e. The predicted molar refractivity (Wildman–Crippen MR) is 73.4 cm³/mol. The maximum Gasteiger partial charge on any atom is 0.336 e. The molecule has 21 heavy (non-hydrogen) atoms. The molecule has 0 spiro atoms. The van der Waals surface area contributed by atoms with E-state index in [9.17, 15) is 17.6 Å². The molecule has 0 saturated carbocycles. The topological polar surface area (TPSA) is 26.0 Å². The third kappa shape index (κ3) is 3.08. The highest BCUT2D eigenvalue weighted by atomic mass is 19.3. The van der Waals surface area contributed by atoms with E-state index in [0.717, 1.165) is 12.1 Å². The van der Waals surface area contributed by atoms with Gasteiger partial charge in [-0.15, -0.1) is 0 Å². The Morgan fingerprint density at radius 2 is 1.29 bits per heavy atom. The van der Waals surface area contributed by atoms with Crippen LogP contribution in [0, 0.1) is 0 Å². The van der Waals surface area contributed by atoms with Crippen molar-refractivity contribution in [2.24, 2.45) is 5.73 Å². The minimum atomic E-state index is -4.34. The van der Waals surface area contributed by atoms with E-state index in [1.165, 1.54) is 18.2 Å². The first-order valence-electron chi connectivity index (χ1n) is 6.46. The summed E-state index contributed by atoms with van der Waals surface area (Å²) in [5.41, 5.74) is 5.13. The van der Waals surface area contributed by atoms with Gasteiger partial charge in [0.05, 0.1) is 6.04 Å². The van der Waals surface area contributed by atoms with Crippen LogP contribution in [0.2, 0.25) is 0 Å². The third-order valence-corrected chi connectivity index (χ3v) is 3.32. The van der Waals surface area contributed by atoms with Crippen LogP contribution in [0.3, 0.4) is 0 Å². The van der Waals surface area contributed by atoms with Crippen molar-refractivity contribution in [2.45, 2.75) is 24.3 Å². The second kappa shape index (κ2) is 5.85. The lowest BCUT2D eigenvalue weighted by atomic mass is 9.93. The molecular weight excluding hydrogens is 282 g/mol. The lowest BCUT2D eigenvalue weighted by Crippen LogP contribution is -2.53. The fourth-order valence-corrected chi connectivity index (χ4v) is 2.07. The number of benzene rings is 2. The molecule has 5 heteroatoms. The normalized spacial score (nSPS) is 14.0. The van der Waals surface area contributed by atoms with Crippen LogP contribution in [0.4, 0.5) is 17.6 Å². The number of hydrogen-bond donors (Lipinski definition) is 1. The molecule has 0 bridgehead atoms. The molecule has 2 aromatic carbocycles. The molecule has 0 aliphatic rings. The molecule has 1 unspecified atom stereocenters. The zero-order valence-electron chi connectivity index (χ0n) is 11.1. The Kier molecular flexibility index (Phi) is 4.32. The zero-order chi connectivity index (χ0) is 15.5. The lowest BCUT2D eigenvalue weighted by Gasteiger charge is -2.31. The quantitative estimate of drug-likeness (QED) is 0.830. The van der Waals surface area contributed by atoms with Crippen LogP contribution in [0.15, 0.2) is 60.7 Å². The second-order valence-electron chi connectivity index (χ2n) is 4.86. The van der Waals surface area contributed by atoms with Crippen molar-refractivity contribution in [1.82, 2.24) is 0 Å². The van der Waals surface area contributed by atoms with Gasteiger partial charge in [0, 0.05) is 5.56 Å². The number of nitrogens with two attached hydrogens (primary N) is 1. The van der Waals surface area contributed by atoms with E-state index in [4.69, 9.17) is 5.73 Å². The summed E-state index contributed by atoms with van der Waals surface area (Å²) >= 11 is 0. The Morgan fingerprint density at radius 3 is 1.81 bits per heavy atom. The van der Waals surface area contributed by atoms with Crippen molar-refractivity contribution in [3.63, 3.8) is 0 Å². The Morgan fingerprint density at radius 1 is 0.810 bits per heavy atom. The van der Waals surface area contributed by atoms with Gasteiger partial charge in [-0.1, -0.05) is 60.7 Å². The Bertz CT molecular complexity index is 569. The van der Waals surface area contributed by atoms with Gasteiger partial charge in [0.15, 0.2) is 0 Å².